The van der Waals surface area contributed by atoms with Crippen LogP contribution in [0.3, 0.4) is 0 Å². The number of aromatic amines is 1. The molecule has 8 nitrogen and oxygen atoms in total. The lowest BCUT2D eigenvalue weighted by Crippen LogP contribution is -2.40. The summed E-state index contributed by atoms with van der Waals surface area (Å²) in [7, 11) is 0. The third-order valence-electron chi connectivity index (χ3n) is 4.66. The molecule has 3 rings (SSSR count). The van der Waals surface area contributed by atoms with E-state index in [-0.39, 0.29) is 17.2 Å². The molecule has 8 heteroatoms. The number of nitrogens with one attached hydrogen (secondary N) is 1. The summed E-state index contributed by atoms with van der Waals surface area (Å²) >= 11 is 0. The molecule has 2 unspecified atom stereocenters. The number of hydrogen-bond donors (Lipinski definition) is 3. The normalized spacial score (nSPS) is 24.1. The first-order chi connectivity index (χ1) is 11.5. The molecule has 3 N–H and O–H groups in total. The molecule has 0 amide bonds. The van der Waals surface area contributed by atoms with Crippen LogP contribution >= 0.6 is 0 Å². The van der Waals surface area contributed by atoms with Gasteiger partial charge in [0, 0.05) is 19.0 Å². The van der Waals surface area contributed by atoms with E-state index < -0.39 is 12.2 Å². The van der Waals surface area contributed by atoms with Gasteiger partial charge < -0.3 is 15.2 Å². The summed E-state index contributed by atoms with van der Waals surface area (Å²) in [4.78, 5) is 32.8. The molecule has 1 aliphatic rings. The first kappa shape index (κ1) is 16.9. The number of rotatable bonds is 5. The molecule has 1 fully saturated rings. The Labute approximate surface area is 138 Å². The van der Waals surface area contributed by atoms with Gasteiger partial charge in [0.25, 0.3) is 5.56 Å². The van der Waals surface area contributed by atoms with Gasteiger partial charge in [0.05, 0.1) is 12.2 Å². The quantitative estimate of drug-likeness (QED) is 0.727. The number of nitrogens with zero attached hydrogens (tertiary/aromatic N) is 3. The topological polar surface area (TPSA) is 113 Å². The Bertz CT molecular complexity index is 840. The maximum absolute atomic E-state index is 12.6. The van der Waals surface area contributed by atoms with Crippen molar-refractivity contribution in [3.05, 3.63) is 26.7 Å². The van der Waals surface area contributed by atoms with Gasteiger partial charge in [-0.1, -0.05) is 13.8 Å². The first-order valence-electron chi connectivity index (χ1n) is 8.57. The van der Waals surface area contributed by atoms with E-state index in [1.807, 2.05) is 13.8 Å². The first-order valence-corrected chi connectivity index (χ1v) is 8.57. The van der Waals surface area contributed by atoms with Crippen LogP contribution in [0.4, 0.5) is 0 Å². The van der Waals surface area contributed by atoms with E-state index in [0.717, 1.165) is 6.42 Å². The zero-order valence-electron chi connectivity index (χ0n) is 14.0. The van der Waals surface area contributed by atoms with E-state index in [2.05, 4.69) is 9.97 Å². The van der Waals surface area contributed by atoms with E-state index in [1.54, 1.807) is 0 Å². The van der Waals surface area contributed by atoms with Gasteiger partial charge in [0.2, 0.25) is 0 Å². The SMILES string of the molecule is CCCn1c(=O)c2[nH]c(C3CC(O)C(O)C3)nc2n(CCC)c1=O. The molecule has 132 valence electrons. The predicted molar refractivity (Wildman–Crippen MR) is 89.2 cm³/mol. The second-order valence-electron chi connectivity index (χ2n) is 6.51. The molecule has 2 aromatic heterocycles. The van der Waals surface area contributed by atoms with Crippen molar-refractivity contribution < 1.29 is 10.2 Å². The minimum atomic E-state index is -0.780. The summed E-state index contributed by atoms with van der Waals surface area (Å²) in [6.45, 7) is 4.73. The van der Waals surface area contributed by atoms with Gasteiger partial charge >= 0.3 is 5.69 Å². The average Bonchev–Trinajstić information content (AvgIpc) is 3.13. The fourth-order valence-corrected chi connectivity index (χ4v) is 3.44. The highest BCUT2D eigenvalue weighted by Gasteiger charge is 2.34. The molecule has 0 bridgehead atoms. The lowest BCUT2D eigenvalue weighted by Gasteiger charge is -2.09. The van der Waals surface area contributed by atoms with Crippen molar-refractivity contribution in [2.75, 3.05) is 0 Å². The highest BCUT2D eigenvalue weighted by Crippen LogP contribution is 2.33. The molecule has 1 saturated carbocycles. The molecule has 1 aliphatic carbocycles. The van der Waals surface area contributed by atoms with Crippen LogP contribution in [0.2, 0.25) is 0 Å². The number of aryl methyl sites for hydroxylation is 1. The van der Waals surface area contributed by atoms with E-state index in [1.165, 1.54) is 9.13 Å². The standard InChI is InChI=1S/C16H24N4O4/c1-3-5-19-14-12(15(23)20(6-4-2)16(19)24)17-13(18-14)9-7-10(21)11(22)8-9/h9-11,21-22H,3-8H2,1-2H3,(H,17,18). The fraction of sp³-hybridized carbons (Fsp3) is 0.688. The van der Waals surface area contributed by atoms with E-state index in [0.29, 0.717) is 49.3 Å². The molecular formula is C16H24N4O4. The Morgan fingerprint density at radius 3 is 2.25 bits per heavy atom. The molecule has 0 aliphatic heterocycles. The number of imidazole rings is 1. The van der Waals surface area contributed by atoms with Crippen molar-refractivity contribution in [3.63, 3.8) is 0 Å². The van der Waals surface area contributed by atoms with Crippen LogP contribution in [0.1, 0.15) is 51.3 Å². The highest BCUT2D eigenvalue weighted by atomic mass is 16.3. The summed E-state index contributed by atoms with van der Waals surface area (Å²) in [6, 6.07) is 0. The zero-order valence-corrected chi connectivity index (χ0v) is 14.0. The summed E-state index contributed by atoms with van der Waals surface area (Å²) in [5, 5.41) is 19.5. The molecular weight excluding hydrogens is 312 g/mol. The van der Waals surface area contributed by atoms with Crippen molar-refractivity contribution in [2.24, 2.45) is 0 Å². The van der Waals surface area contributed by atoms with Crippen LogP contribution in [0.15, 0.2) is 9.59 Å². The molecule has 2 aromatic rings. The molecule has 0 aromatic carbocycles. The second-order valence-corrected chi connectivity index (χ2v) is 6.51. The smallest absolute Gasteiger partial charge is 0.332 e. The van der Waals surface area contributed by atoms with Crippen LogP contribution in [0.25, 0.3) is 11.2 Å². The van der Waals surface area contributed by atoms with E-state index in [9.17, 15) is 19.8 Å². The Balaban J connectivity index is 2.17. The summed E-state index contributed by atoms with van der Waals surface area (Å²) in [5.41, 5.74) is -0.00440. The molecule has 0 saturated heterocycles. The van der Waals surface area contributed by atoms with Gasteiger partial charge in [-0.15, -0.1) is 0 Å². The largest absolute Gasteiger partial charge is 0.390 e. The third kappa shape index (κ3) is 2.69. The number of aliphatic hydroxyl groups is 2. The molecule has 0 radical (unpaired) electrons. The Morgan fingerprint density at radius 1 is 1.08 bits per heavy atom. The van der Waals surface area contributed by atoms with Crippen LogP contribution in [-0.4, -0.2) is 41.5 Å². The number of aromatic nitrogens is 4. The monoisotopic (exact) mass is 336 g/mol. The number of fused-ring (bicyclic) bond motifs is 1. The summed E-state index contributed by atoms with van der Waals surface area (Å²) in [6.07, 6.45) is 0.664. The van der Waals surface area contributed by atoms with Gasteiger partial charge in [-0.25, -0.2) is 9.78 Å². The minimum Gasteiger partial charge on any atom is -0.390 e. The number of hydrogen-bond acceptors (Lipinski definition) is 5. The molecule has 2 heterocycles. The van der Waals surface area contributed by atoms with Crippen molar-refractivity contribution in [3.8, 4) is 0 Å². The fourth-order valence-electron chi connectivity index (χ4n) is 3.44. The second kappa shape index (κ2) is 6.52. The van der Waals surface area contributed by atoms with Crippen LogP contribution < -0.4 is 11.2 Å². The van der Waals surface area contributed by atoms with Gasteiger partial charge in [-0.05, 0) is 25.7 Å². The van der Waals surface area contributed by atoms with E-state index >= 15 is 0 Å². The van der Waals surface area contributed by atoms with Gasteiger partial charge in [-0.2, -0.15) is 0 Å². The Kier molecular flexibility index (Phi) is 4.60. The highest BCUT2D eigenvalue weighted by molar-refractivity contribution is 5.70. The lowest BCUT2D eigenvalue weighted by molar-refractivity contribution is 0.0438. The van der Waals surface area contributed by atoms with Crippen LogP contribution in [-0.2, 0) is 13.1 Å². The summed E-state index contributed by atoms with van der Waals surface area (Å²) in [5.74, 6) is 0.405. The van der Waals surface area contributed by atoms with Crippen molar-refractivity contribution in [1.82, 2.24) is 19.1 Å². The van der Waals surface area contributed by atoms with Gasteiger partial charge in [-0.3, -0.25) is 13.9 Å². The number of H-pyrrole nitrogens is 1. The zero-order chi connectivity index (χ0) is 17.4. The average molecular weight is 336 g/mol. The predicted octanol–water partition coefficient (Wildman–Crippen LogP) is 0.305. The van der Waals surface area contributed by atoms with Crippen LogP contribution in [0, 0.1) is 0 Å². The molecule has 24 heavy (non-hydrogen) atoms. The van der Waals surface area contributed by atoms with Crippen molar-refractivity contribution in [1.29, 1.82) is 0 Å². The molecule has 2 atom stereocenters. The number of aliphatic hydroxyl groups excluding tert-OH is 2. The maximum Gasteiger partial charge on any atom is 0.332 e. The Hall–Kier alpha value is -1.93. The molecule has 0 spiro atoms. The van der Waals surface area contributed by atoms with Crippen molar-refractivity contribution in [2.45, 2.75) is 70.7 Å². The van der Waals surface area contributed by atoms with Gasteiger partial charge in [0.1, 0.15) is 11.3 Å². The van der Waals surface area contributed by atoms with E-state index in [4.69, 9.17) is 0 Å². The maximum atomic E-state index is 12.6. The lowest BCUT2D eigenvalue weighted by atomic mass is 10.1. The Morgan fingerprint density at radius 2 is 1.67 bits per heavy atom. The van der Waals surface area contributed by atoms with Gasteiger partial charge in [0.15, 0.2) is 5.65 Å². The minimum absolute atomic E-state index is 0.147. The van der Waals surface area contributed by atoms with Crippen molar-refractivity contribution >= 4 is 11.2 Å². The van der Waals surface area contributed by atoms with Crippen LogP contribution in [0.5, 0.6) is 0 Å². The third-order valence-corrected chi connectivity index (χ3v) is 4.66. The summed E-state index contributed by atoms with van der Waals surface area (Å²) < 4.78 is 2.78.